The number of nitrogens with one attached hydrogen (secondary N) is 1. The van der Waals surface area contributed by atoms with E-state index >= 15 is 0 Å². The number of carbonyl (C=O) groups is 1. The maximum absolute atomic E-state index is 12.1. The van der Waals surface area contributed by atoms with Gasteiger partial charge in [0.05, 0.1) is 0 Å². The summed E-state index contributed by atoms with van der Waals surface area (Å²) in [5, 5.41) is 3.05. The van der Waals surface area contributed by atoms with Crippen LogP contribution in [-0.4, -0.2) is 12.5 Å². The molecule has 2 nitrogen and oxygen atoms in total. The standard InChI is InChI=1S/C22H29NO/c1-17(19-8-6-5-7-9-19)16-23-21(24)15-12-18-10-13-20(14-11-18)22(2,3)4/h5-11,13-14,17H,12,15-16H2,1-4H3,(H,23,24)/t17-/m0/s1. The van der Waals surface area contributed by atoms with Crippen LogP contribution in [0.2, 0.25) is 0 Å². The monoisotopic (exact) mass is 323 g/mol. The molecule has 0 fully saturated rings. The molecule has 0 radical (unpaired) electrons. The van der Waals surface area contributed by atoms with Crippen molar-refractivity contribution in [2.45, 2.75) is 51.9 Å². The summed E-state index contributed by atoms with van der Waals surface area (Å²) in [7, 11) is 0. The summed E-state index contributed by atoms with van der Waals surface area (Å²) >= 11 is 0. The van der Waals surface area contributed by atoms with E-state index in [0.717, 1.165) is 6.42 Å². The van der Waals surface area contributed by atoms with Gasteiger partial charge in [0.15, 0.2) is 0 Å². The third-order valence-electron chi connectivity index (χ3n) is 4.43. The smallest absolute Gasteiger partial charge is 0.220 e. The van der Waals surface area contributed by atoms with Crippen LogP contribution < -0.4 is 5.32 Å². The normalized spacial score (nSPS) is 12.7. The molecule has 1 atom stereocenters. The summed E-state index contributed by atoms with van der Waals surface area (Å²) in [6.07, 6.45) is 1.33. The number of aryl methyl sites for hydroxylation is 1. The van der Waals surface area contributed by atoms with Crippen LogP contribution >= 0.6 is 0 Å². The molecule has 0 heterocycles. The van der Waals surface area contributed by atoms with Crippen molar-refractivity contribution in [1.29, 1.82) is 0 Å². The highest BCUT2D eigenvalue weighted by molar-refractivity contribution is 5.76. The molecule has 1 N–H and O–H groups in total. The van der Waals surface area contributed by atoms with Gasteiger partial charge in [0.25, 0.3) is 0 Å². The van der Waals surface area contributed by atoms with Crippen molar-refractivity contribution in [2.24, 2.45) is 0 Å². The Morgan fingerprint density at radius 1 is 1.00 bits per heavy atom. The molecule has 128 valence electrons. The van der Waals surface area contributed by atoms with Crippen molar-refractivity contribution in [3.63, 3.8) is 0 Å². The Morgan fingerprint density at radius 3 is 2.21 bits per heavy atom. The maximum atomic E-state index is 12.1. The van der Waals surface area contributed by atoms with Crippen LogP contribution in [0.4, 0.5) is 0 Å². The van der Waals surface area contributed by atoms with Crippen molar-refractivity contribution >= 4 is 5.91 Å². The first-order valence-corrected chi connectivity index (χ1v) is 8.77. The molecule has 24 heavy (non-hydrogen) atoms. The number of hydrogen-bond donors (Lipinski definition) is 1. The highest BCUT2D eigenvalue weighted by Gasteiger charge is 2.13. The van der Waals surface area contributed by atoms with E-state index in [1.807, 2.05) is 18.2 Å². The molecule has 1 amide bonds. The number of amides is 1. The Bertz CT molecular complexity index is 638. The molecule has 0 aromatic heterocycles. The molecule has 0 aliphatic carbocycles. The van der Waals surface area contributed by atoms with Gasteiger partial charge in [0.2, 0.25) is 5.91 Å². The number of carbonyl (C=O) groups excluding carboxylic acids is 1. The number of benzene rings is 2. The lowest BCUT2D eigenvalue weighted by atomic mass is 9.86. The van der Waals surface area contributed by atoms with Crippen LogP contribution in [0.1, 0.15) is 56.7 Å². The van der Waals surface area contributed by atoms with Crippen LogP contribution in [0.5, 0.6) is 0 Å². The SMILES string of the molecule is C[C@@H](CNC(=O)CCc1ccc(C(C)(C)C)cc1)c1ccccc1. The second kappa shape index (κ2) is 8.14. The zero-order valence-corrected chi connectivity index (χ0v) is 15.3. The molecule has 0 saturated carbocycles. The molecule has 0 aliphatic heterocycles. The summed E-state index contributed by atoms with van der Waals surface area (Å²) in [4.78, 5) is 12.1. The van der Waals surface area contributed by atoms with Gasteiger partial charge in [-0.15, -0.1) is 0 Å². The Hall–Kier alpha value is -2.09. The quantitative estimate of drug-likeness (QED) is 0.810. The van der Waals surface area contributed by atoms with Crippen LogP contribution in [0.25, 0.3) is 0 Å². The average Bonchev–Trinajstić information content (AvgIpc) is 2.58. The predicted octanol–water partition coefficient (Wildman–Crippen LogP) is 4.84. The lowest BCUT2D eigenvalue weighted by molar-refractivity contribution is -0.121. The molecule has 0 saturated heterocycles. The fraction of sp³-hybridized carbons (Fsp3) is 0.409. The zero-order chi connectivity index (χ0) is 17.6. The van der Waals surface area contributed by atoms with Gasteiger partial charge in [-0.1, -0.05) is 82.3 Å². The Labute approximate surface area is 146 Å². The van der Waals surface area contributed by atoms with E-state index < -0.39 is 0 Å². The highest BCUT2D eigenvalue weighted by Crippen LogP contribution is 2.22. The Balaban J connectivity index is 1.77. The van der Waals surface area contributed by atoms with Gasteiger partial charge in [-0.2, -0.15) is 0 Å². The van der Waals surface area contributed by atoms with Gasteiger partial charge in [-0.3, -0.25) is 4.79 Å². The van der Waals surface area contributed by atoms with E-state index in [9.17, 15) is 4.79 Å². The molecular formula is C22H29NO. The third-order valence-corrected chi connectivity index (χ3v) is 4.43. The predicted molar refractivity (Wildman–Crippen MR) is 101 cm³/mol. The van der Waals surface area contributed by atoms with Gasteiger partial charge < -0.3 is 5.32 Å². The van der Waals surface area contributed by atoms with Crippen LogP contribution in [-0.2, 0) is 16.6 Å². The summed E-state index contributed by atoms with van der Waals surface area (Å²) in [5.74, 6) is 0.457. The molecule has 2 aromatic carbocycles. The van der Waals surface area contributed by atoms with Crippen LogP contribution in [0.3, 0.4) is 0 Å². The summed E-state index contributed by atoms with van der Waals surface area (Å²) < 4.78 is 0. The van der Waals surface area contributed by atoms with Gasteiger partial charge in [-0.05, 0) is 34.4 Å². The number of hydrogen-bond acceptors (Lipinski definition) is 1. The van der Waals surface area contributed by atoms with Gasteiger partial charge in [0, 0.05) is 13.0 Å². The van der Waals surface area contributed by atoms with E-state index in [1.165, 1.54) is 16.7 Å². The largest absolute Gasteiger partial charge is 0.355 e. The molecular weight excluding hydrogens is 294 g/mol. The van der Waals surface area contributed by atoms with Crippen molar-refractivity contribution in [2.75, 3.05) is 6.54 Å². The molecule has 0 unspecified atom stereocenters. The number of rotatable bonds is 6. The van der Waals surface area contributed by atoms with Crippen molar-refractivity contribution in [1.82, 2.24) is 5.32 Å². The summed E-state index contributed by atoms with van der Waals surface area (Å²) in [5.41, 5.74) is 3.97. The minimum atomic E-state index is 0.123. The summed E-state index contributed by atoms with van der Waals surface area (Å²) in [6.45, 7) is 9.46. The van der Waals surface area contributed by atoms with E-state index in [2.05, 4.69) is 69.4 Å². The molecule has 0 spiro atoms. The van der Waals surface area contributed by atoms with Crippen molar-refractivity contribution in [3.05, 3.63) is 71.3 Å². The second-order valence-electron chi connectivity index (χ2n) is 7.56. The van der Waals surface area contributed by atoms with Gasteiger partial charge in [-0.25, -0.2) is 0 Å². The third kappa shape index (κ3) is 5.52. The zero-order valence-electron chi connectivity index (χ0n) is 15.3. The fourth-order valence-electron chi connectivity index (χ4n) is 2.68. The lowest BCUT2D eigenvalue weighted by Crippen LogP contribution is -2.27. The first kappa shape index (κ1) is 18.3. The minimum Gasteiger partial charge on any atom is -0.355 e. The molecule has 0 bridgehead atoms. The first-order valence-electron chi connectivity index (χ1n) is 8.77. The van der Waals surface area contributed by atoms with Crippen molar-refractivity contribution < 1.29 is 4.79 Å². The fourth-order valence-corrected chi connectivity index (χ4v) is 2.68. The second-order valence-corrected chi connectivity index (χ2v) is 7.56. The summed E-state index contributed by atoms with van der Waals surface area (Å²) in [6, 6.07) is 18.9. The topological polar surface area (TPSA) is 29.1 Å². The molecule has 0 aliphatic rings. The molecule has 2 aromatic rings. The van der Waals surface area contributed by atoms with E-state index in [4.69, 9.17) is 0 Å². The van der Waals surface area contributed by atoms with Crippen LogP contribution in [0.15, 0.2) is 54.6 Å². The van der Waals surface area contributed by atoms with E-state index in [1.54, 1.807) is 0 Å². The van der Waals surface area contributed by atoms with Gasteiger partial charge >= 0.3 is 0 Å². The molecule has 2 heteroatoms. The van der Waals surface area contributed by atoms with Crippen LogP contribution in [0, 0.1) is 0 Å². The molecule has 2 rings (SSSR count). The van der Waals surface area contributed by atoms with Crippen molar-refractivity contribution in [3.8, 4) is 0 Å². The van der Waals surface area contributed by atoms with E-state index in [-0.39, 0.29) is 11.3 Å². The van der Waals surface area contributed by atoms with E-state index in [0.29, 0.717) is 18.9 Å². The first-order chi connectivity index (χ1) is 11.4. The Kier molecular flexibility index (Phi) is 6.19. The average molecular weight is 323 g/mol. The lowest BCUT2D eigenvalue weighted by Gasteiger charge is -2.19. The highest BCUT2D eigenvalue weighted by atomic mass is 16.1. The maximum Gasteiger partial charge on any atom is 0.220 e. The Morgan fingerprint density at radius 2 is 1.62 bits per heavy atom. The minimum absolute atomic E-state index is 0.123. The van der Waals surface area contributed by atoms with Gasteiger partial charge in [0.1, 0.15) is 0 Å².